The lowest BCUT2D eigenvalue weighted by Gasteiger charge is -2.34. The van der Waals surface area contributed by atoms with Gasteiger partial charge in [-0.05, 0) is 80.5 Å². The van der Waals surface area contributed by atoms with Gasteiger partial charge in [0.05, 0.1) is 17.4 Å². The van der Waals surface area contributed by atoms with Gasteiger partial charge in [0.15, 0.2) is 5.82 Å². The van der Waals surface area contributed by atoms with E-state index < -0.39 is 5.97 Å². The van der Waals surface area contributed by atoms with E-state index in [1.54, 1.807) is 30.0 Å². The van der Waals surface area contributed by atoms with Crippen molar-refractivity contribution in [2.24, 2.45) is 5.92 Å². The molecule has 3 aromatic rings. The molecular weight excluding hydrogens is 498 g/mol. The summed E-state index contributed by atoms with van der Waals surface area (Å²) in [5.41, 5.74) is 4.56. The van der Waals surface area contributed by atoms with Gasteiger partial charge in [0.25, 0.3) is 0 Å². The molecule has 3 N–H and O–H groups in total. The normalized spacial score (nSPS) is 18.3. The Labute approximate surface area is 226 Å². The molecule has 0 unspecified atom stereocenters. The molecule has 204 valence electrons. The fraction of sp³-hybridized carbons (Fsp3) is 0.414. The van der Waals surface area contributed by atoms with Crippen molar-refractivity contribution in [2.75, 3.05) is 6.54 Å². The van der Waals surface area contributed by atoms with Gasteiger partial charge in [0, 0.05) is 25.2 Å². The van der Waals surface area contributed by atoms with Gasteiger partial charge in [-0.15, -0.1) is 0 Å². The number of hydrogen-bond acceptors (Lipinski definition) is 6. The Balaban J connectivity index is 1.40. The van der Waals surface area contributed by atoms with E-state index in [1.807, 2.05) is 39.0 Å². The lowest BCUT2D eigenvalue weighted by Crippen LogP contribution is -2.50. The highest BCUT2D eigenvalue weighted by Crippen LogP contribution is 2.46. The first-order valence-electron chi connectivity index (χ1n) is 13.1. The second-order valence-corrected chi connectivity index (χ2v) is 11.3. The Kier molecular flexibility index (Phi) is 6.88. The lowest BCUT2D eigenvalue weighted by molar-refractivity contribution is -0.122. The van der Waals surface area contributed by atoms with Gasteiger partial charge in [0.1, 0.15) is 0 Å². The number of urea groups is 1. The number of amides is 3. The zero-order chi connectivity index (χ0) is 27.9. The highest BCUT2D eigenvalue weighted by molar-refractivity contribution is 5.90. The fourth-order valence-electron chi connectivity index (χ4n) is 5.10. The second-order valence-electron chi connectivity index (χ2n) is 11.3. The molecule has 3 amide bonds. The number of nitrogens with one attached hydrogen (secondary N) is 2. The monoisotopic (exact) mass is 531 g/mol. The number of rotatable bonds is 6. The number of aryl methyl sites for hydroxylation is 1. The summed E-state index contributed by atoms with van der Waals surface area (Å²) in [6.45, 7) is 8.82. The van der Waals surface area contributed by atoms with Gasteiger partial charge in [0.2, 0.25) is 11.8 Å². The topological polar surface area (TPSA) is 138 Å². The van der Waals surface area contributed by atoms with E-state index in [1.165, 1.54) is 0 Å². The molecule has 1 fully saturated rings. The first-order valence-corrected chi connectivity index (χ1v) is 13.1. The molecule has 1 aliphatic carbocycles. The van der Waals surface area contributed by atoms with Crippen LogP contribution in [0.15, 0.2) is 40.9 Å². The fourth-order valence-corrected chi connectivity index (χ4v) is 5.10. The van der Waals surface area contributed by atoms with Crippen LogP contribution in [0.5, 0.6) is 0 Å². The third-order valence-corrected chi connectivity index (χ3v) is 7.14. The van der Waals surface area contributed by atoms with Crippen LogP contribution in [0, 0.1) is 12.8 Å². The first-order chi connectivity index (χ1) is 18.5. The minimum absolute atomic E-state index is 0.0550. The zero-order valence-electron chi connectivity index (χ0n) is 22.6. The van der Waals surface area contributed by atoms with Crippen molar-refractivity contribution in [2.45, 2.75) is 65.1 Å². The summed E-state index contributed by atoms with van der Waals surface area (Å²) in [5, 5.41) is 19.4. The van der Waals surface area contributed by atoms with E-state index in [2.05, 4.69) is 20.8 Å². The number of carboxylic acids is 1. The van der Waals surface area contributed by atoms with Gasteiger partial charge in [-0.2, -0.15) is 4.98 Å². The van der Waals surface area contributed by atoms with Crippen molar-refractivity contribution in [1.82, 2.24) is 25.7 Å². The molecule has 1 aromatic heterocycles. The van der Waals surface area contributed by atoms with E-state index in [4.69, 9.17) is 4.52 Å². The number of benzene rings is 2. The zero-order valence-corrected chi connectivity index (χ0v) is 22.6. The minimum Gasteiger partial charge on any atom is -0.478 e. The SMILES string of the molecule is Cc1noc([C@H]2C[C@@H]2C(=O)NCc2ccc(-c3cccc(C(=O)O)c3)c3c2CN(C(=O)NC(C)(C)C)CC3)n1. The summed E-state index contributed by atoms with van der Waals surface area (Å²) >= 11 is 0. The number of carbonyl (C=O) groups is 3. The van der Waals surface area contributed by atoms with E-state index in [0.717, 1.165) is 27.8 Å². The van der Waals surface area contributed by atoms with Crippen molar-refractivity contribution in [1.29, 1.82) is 0 Å². The standard InChI is InChI=1S/C29H33N5O5/c1-16-31-26(39-33-16)23-13-22(23)25(35)30-14-19-8-9-20(17-6-5-7-18(12-17)27(36)37)21-10-11-34(15-24(19)21)28(38)32-29(2,3)4/h5-9,12,22-23H,10-11,13-15H2,1-4H3,(H,30,35)(H,32,38)(H,36,37)/t22-,23-/m0/s1. The van der Waals surface area contributed by atoms with Crippen LogP contribution in [-0.2, 0) is 24.3 Å². The van der Waals surface area contributed by atoms with Crippen molar-refractivity contribution in [3.63, 3.8) is 0 Å². The van der Waals surface area contributed by atoms with Gasteiger partial charge < -0.3 is 25.2 Å². The first kappa shape index (κ1) is 26.4. The van der Waals surface area contributed by atoms with Gasteiger partial charge in [-0.3, -0.25) is 4.79 Å². The van der Waals surface area contributed by atoms with Crippen molar-refractivity contribution in [3.8, 4) is 11.1 Å². The Morgan fingerprint density at radius 2 is 1.95 bits per heavy atom. The third kappa shape index (κ3) is 5.79. The molecule has 2 aliphatic rings. The molecule has 39 heavy (non-hydrogen) atoms. The molecular formula is C29H33N5O5. The molecule has 2 atom stereocenters. The molecule has 2 heterocycles. The summed E-state index contributed by atoms with van der Waals surface area (Å²) in [7, 11) is 0. The maximum Gasteiger partial charge on any atom is 0.335 e. The smallest absolute Gasteiger partial charge is 0.335 e. The number of aromatic nitrogens is 2. The maximum atomic E-state index is 13.0. The average molecular weight is 532 g/mol. The Morgan fingerprint density at radius 3 is 2.64 bits per heavy atom. The van der Waals surface area contributed by atoms with Gasteiger partial charge in [-0.1, -0.05) is 29.4 Å². The number of hydrogen-bond donors (Lipinski definition) is 3. The Bertz CT molecular complexity index is 1440. The Morgan fingerprint density at radius 1 is 1.15 bits per heavy atom. The number of carboxylic acid groups (broad SMARTS) is 1. The molecule has 5 rings (SSSR count). The van der Waals surface area contributed by atoms with Crippen LogP contribution in [0.3, 0.4) is 0 Å². The number of nitrogens with zero attached hydrogens (tertiary/aromatic N) is 3. The summed E-state index contributed by atoms with van der Waals surface area (Å²) in [4.78, 5) is 43.5. The highest BCUT2D eigenvalue weighted by atomic mass is 16.5. The predicted octanol–water partition coefficient (Wildman–Crippen LogP) is 4.03. The molecule has 2 aromatic carbocycles. The summed E-state index contributed by atoms with van der Waals surface area (Å²) in [6, 6.07) is 10.7. The third-order valence-electron chi connectivity index (χ3n) is 7.14. The largest absolute Gasteiger partial charge is 0.478 e. The molecule has 0 spiro atoms. The second kappa shape index (κ2) is 10.2. The van der Waals surface area contributed by atoms with Crippen LogP contribution >= 0.6 is 0 Å². The maximum absolute atomic E-state index is 13.0. The number of fused-ring (bicyclic) bond motifs is 1. The van der Waals surface area contributed by atoms with Crippen molar-refractivity contribution >= 4 is 17.9 Å². The van der Waals surface area contributed by atoms with Crippen LogP contribution in [0.25, 0.3) is 11.1 Å². The van der Waals surface area contributed by atoms with Crippen LogP contribution in [0.2, 0.25) is 0 Å². The number of carbonyl (C=O) groups excluding carboxylic acids is 2. The van der Waals surface area contributed by atoms with E-state index in [-0.39, 0.29) is 34.9 Å². The average Bonchev–Trinajstić information content (AvgIpc) is 3.58. The molecule has 0 bridgehead atoms. The van der Waals surface area contributed by atoms with Crippen LogP contribution in [0.4, 0.5) is 4.79 Å². The lowest BCUT2D eigenvalue weighted by atomic mass is 9.87. The van der Waals surface area contributed by atoms with Gasteiger partial charge in [-0.25, -0.2) is 9.59 Å². The van der Waals surface area contributed by atoms with Crippen molar-refractivity contribution in [3.05, 3.63) is 70.4 Å². The molecule has 0 radical (unpaired) electrons. The highest BCUT2D eigenvalue weighted by Gasteiger charge is 2.47. The predicted molar refractivity (Wildman–Crippen MR) is 143 cm³/mol. The summed E-state index contributed by atoms with van der Waals surface area (Å²) in [6.07, 6.45) is 1.29. The number of aromatic carboxylic acids is 1. The molecule has 1 saturated carbocycles. The Hall–Kier alpha value is -4.21. The van der Waals surface area contributed by atoms with Gasteiger partial charge >= 0.3 is 12.0 Å². The molecule has 10 nitrogen and oxygen atoms in total. The molecule has 10 heteroatoms. The minimum atomic E-state index is -0.982. The van der Waals surface area contributed by atoms with Crippen LogP contribution in [-0.4, -0.2) is 50.1 Å². The van der Waals surface area contributed by atoms with Crippen molar-refractivity contribution < 1.29 is 24.0 Å². The van der Waals surface area contributed by atoms with Crippen LogP contribution < -0.4 is 10.6 Å². The molecule has 1 aliphatic heterocycles. The van der Waals surface area contributed by atoms with Crippen LogP contribution in [0.1, 0.15) is 71.9 Å². The summed E-state index contributed by atoms with van der Waals surface area (Å²) < 4.78 is 5.23. The van der Waals surface area contributed by atoms with E-state index in [0.29, 0.717) is 44.2 Å². The van der Waals surface area contributed by atoms with E-state index in [9.17, 15) is 19.5 Å². The quantitative estimate of drug-likeness (QED) is 0.437. The molecule has 0 saturated heterocycles. The van der Waals surface area contributed by atoms with E-state index >= 15 is 0 Å². The summed E-state index contributed by atoms with van der Waals surface area (Å²) in [5.74, 6) is -0.256.